The number of nitrogens with zero attached hydrogens (tertiary/aromatic N) is 2. The van der Waals surface area contributed by atoms with Crippen molar-refractivity contribution < 1.29 is 22.7 Å². The SMILES string of the molecule is CN(CC1CCN(C(=O)CS(=O)(=O)c2cccc(Br)c2)CC1)C(=O)OC(C)(C)C. The van der Waals surface area contributed by atoms with Crippen LogP contribution in [0.2, 0.25) is 0 Å². The molecule has 9 heteroatoms. The number of carbonyl (C=O) groups is 2. The Morgan fingerprint density at radius 3 is 2.41 bits per heavy atom. The summed E-state index contributed by atoms with van der Waals surface area (Å²) in [6, 6.07) is 6.36. The van der Waals surface area contributed by atoms with Crippen LogP contribution in [0.1, 0.15) is 33.6 Å². The minimum atomic E-state index is -3.68. The predicted octanol–water partition coefficient (Wildman–Crippen LogP) is 3.33. The van der Waals surface area contributed by atoms with Crippen LogP contribution in [0.3, 0.4) is 0 Å². The number of sulfone groups is 1. The summed E-state index contributed by atoms with van der Waals surface area (Å²) in [6.07, 6.45) is 1.07. The van der Waals surface area contributed by atoms with E-state index in [1.165, 1.54) is 12.1 Å². The molecule has 0 N–H and O–H groups in total. The first-order valence-electron chi connectivity index (χ1n) is 9.57. The van der Waals surface area contributed by atoms with Gasteiger partial charge < -0.3 is 14.5 Å². The van der Waals surface area contributed by atoms with E-state index < -0.39 is 21.2 Å². The zero-order valence-electron chi connectivity index (χ0n) is 17.4. The fraction of sp³-hybridized carbons (Fsp3) is 0.600. The summed E-state index contributed by atoms with van der Waals surface area (Å²) < 4.78 is 31.0. The largest absolute Gasteiger partial charge is 0.444 e. The number of rotatable bonds is 5. The molecule has 162 valence electrons. The molecular weight excluding hydrogens is 460 g/mol. The topological polar surface area (TPSA) is 84.0 Å². The molecule has 0 spiro atoms. The van der Waals surface area contributed by atoms with Crippen LogP contribution in [0.25, 0.3) is 0 Å². The van der Waals surface area contributed by atoms with E-state index in [0.29, 0.717) is 24.1 Å². The van der Waals surface area contributed by atoms with Gasteiger partial charge in [-0.1, -0.05) is 22.0 Å². The third-order valence-corrected chi connectivity index (χ3v) is 6.77. The Hall–Kier alpha value is -1.61. The van der Waals surface area contributed by atoms with E-state index in [1.807, 2.05) is 20.8 Å². The zero-order chi connectivity index (χ0) is 21.8. The van der Waals surface area contributed by atoms with E-state index in [-0.39, 0.29) is 22.8 Å². The third-order valence-electron chi connectivity index (χ3n) is 4.67. The smallest absolute Gasteiger partial charge is 0.410 e. The molecule has 0 unspecified atom stereocenters. The lowest BCUT2D eigenvalue weighted by Gasteiger charge is -2.34. The molecule has 1 aliphatic heterocycles. The van der Waals surface area contributed by atoms with Gasteiger partial charge in [0.05, 0.1) is 4.90 Å². The highest BCUT2D eigenvalue weighted by Gasteiger charge is 2.29. The number of benzene rings is 1. The molecule has 0 aromatic heterocycles. The first-order chi connectivity index (χ1) is 13.4. The maximum Gasteiger partial charge on any atom is 0.410 e. The normalized spacial score (nSPS) is 15.8. The van der Waals surface area contributed by atoms with E-state index in [4.69, 9.17) is 4.74 Å². The molecule has 1 heterocycles. The molecule has 2 rings (SSSR count). The molecule has 1 aromatic carbocycles. The van der Waals surface area contributed by atoms with E-state index in [0.717, 1.165) is 12.8 Å². The number of amides is 2. The Bertz CT molecular complexity index is 843. The molecule has 1 saturated heterocycles. The van der Waals surface area contributed by atoms with Crippen molar-refractivity contribution in [2.24, 2.45) is 5.92 Å². The lowest BCUT2D eigenvalue weighted by molar-refractivity contribution is -0.129. The number of ether oxygens (including phenoxy) is 1. The van der Waals surface area contributed by atoms with Crippen LogP contribution in [-0.2, 0) is 19.4 Å². The lowest BCUT2D eigenvalue weighted by Crippen LogP contribution is -2.44. The van der Waals surface area contributed by atoms with E-state index in [2.05, 4.69) is 15.9 Å². The number of likely N-dealkylation sites (tertiary alicyclic amines) is 1. The Balaban J connectivity index is 1.85. The third kappa shape index (κ3) is 7.29. The van der Waals surface area contributed by atoms with Gasteiger partial charge in [0.25, 0.3) is 0 Å². The van der Waals surface area contributed by atoms with Crippen molar-refractivity contribution in [3.8, 4) is 0 Å². The molecular formula is C20H29BrN2O5S. The van der Waals surface area contributed by atoms with Crippen molar-refractivity contribution in [3.05, 3.63) is 28.7 Å². The quantitative estimate of drug-likeness (QED) is 0.634. The van der Waals surface area contributed by atoms with Crippen LogP contribution in [-0.4, -0.2) is 68.3 Å². The average Bonchev–Trinajstić information content (AvgIpc) is 2.60. The van der Waals surface area contributed by atoms with Crippen molar-refractivity contribution in [2.45, 2.75) is 44.1 Å². The summed E-state index contributed by atoms with van der Waals surface area (Å²) in [5.74, 6) is -0.673. The Morgan fingerprint density at radius 2 is 1.86 bits per heavy atom. The Kier molecular flexibility index (Phi) is 7.73. The Morgan fingerprint density at radius 1 is 1.24 bits per heavy atom. The van der Waals surface area contributed by atoms with Crippen molar-refractivity contribution in [1.29, 1.82) is 0 Å². The first kappa shape index (κ1) is 23.7. The van der Waals surface area contributed by atoms with E-state index >= 15 is 0 Å². The van der Waals surface area contributed by atoms with Gasteiger partial charge in [-0.15, -0.1) is 0 Å². The van der Waals surface area contributed by atoms with Gasteiger partial charge in [0.2, 0.25) is 5.91 Å². The second-order valence-electron chi connectivity index (χ2n) is 8.40. The summed E-state index contributed by atoms with van der Waals surface area (Å²) in [6.45, 7) is 6.99. The molecule has 0 atom stereocenters. The summed E-state index contributed by atoms with van der Waals surface area (Å²) >= 11 is 3.25. The molecule has 0 saturated carbocycles. The molecule has 1 aliphatic rings. The highest BCUT2D eigenvalue weighted by Crippen LogP contribution is 2.21. The minimum Gasteiger partial charge on any atom is -0.444 e. The second-order valence-corrected chi connectivity index (χ2v) is 11.3. The van der Waals surface area contributed by atoms with Crippen LogP contribution in [0, 0.1) is 5.92 Å². The molecule has 0 aliphatic carbocycles. The van der Waals surface area contributed by atoms with Gasteiger partial charge in [0, 0.05) is 31.2 Å². The summed E-state index contributed by atoms with van der Waals surface area (Å²) in [7, 11) is -1.98. The van der Waals surface area contributed by atoms with Gasteiger partial charge in [0.1, 0.15) is 11.4 Å². The van der Waals surface area contributed by atoms with Crippen LogP contribution in [0.15, 0.2) is 33.6 Å². The van der Waals surface area contributed by atoms with Crippen molar-refractivity contribution in [2.75, 3.05) is 32.4 Å². The summed E-state index contributed by atoms with van der Waals surface area (Å²) in [5.41, 5.74) is -0.541. The maximum atomic E-state index is 12.5. The van der Waals surface area contributed by atoms with Gasteiger partial charge in [0.15, 0.2) is 9.84 Å². The molecule has 7 nitrogen and oxygen atoms in total. The number of carbonyl (C=O) groups excluding carboxylic acids is 2. The molecule has 1 aromatic rings. The fourth-order valence-corrected chi connectivity index (χ4v) is 4.98. The van der Waals surface area contributed by atoms with Crippen molar-refractivity contribution >= 4 is 37.8 Å². The van der Waals surface area contributed by atoms with E-state index in [9.17, 15) is 18.0 Å². The number of piperidine rings is 1. The van der Waals surface area contributed by atoms with Gasteiger partial charge in [-0.25, -0.2) is 13.2 Å². The van der Waals surface area contributed by atoms with Crippen LogP contribution in [0.5, 0.6) is 0 Å². The molecule has 0 radical (unpaired) electrons. The Labute approximate surface area is 181 Å². The number of halogens is 1. The molecule has 1 fully saturated rings. The highest BCUT2D eigenvalue weighted by atomic mass is 79.9. The zero-order valence-corrected chi connectivity index (χ0v) is 19.8. The lowest BCUT2D eigenvalue weighted by atomic mass is 9.96. The first-order valence-corrected chi connectivity index (χ1v) is 12.0. The summed E-state index contributed by atoms with van der Waals surface area (Å²) in [5, 5.41) is 0. The van der Waals surface area contributed by atoms with Crippen molar-refractivity contribution in [3.63, 3.8) is 0 Å². The maximum absolute atomic E-state index is 12.5. The fourth-order valence-electron chi connectivity index (χ4n) is 3.16. The second kappa shape index (κ2) is 9.47. The predicted molar refractivity (Wildman–Crippen MR) is 114 cm³/mol. The number of hydrogen-bond acceptors (Lipinski definition) is 5. The standard InChI is InChI=1S/C20H29BrN2O5S/c1-20(2,3)28-19(25)22(4)13-15-8-10-23(11-9-15)18(24)14-29(26,27)17-7-5-6-16(21)12-17/h5-7,12,15H,8-11,13-14H2,1-4H3. The summed E-state index contributed by atoms with van der Waals surface area (Å²) in [4.78, 5) is 27.9. The van der Waals surface area contributed by atoms with Gasteiger partial charge in [-0.3, -0.25) is 4.79 Å². The van der Waals surface area contributed by atoms with Crippen LogP contribution in [0.4, 0.5) is 4.79 Å². The van der Waals surface area contributed by atoms with Gasteiger partial charge in [-0.05, 0) is 57.7 Å². The average molecular weight is 489 g/mol. The van der Waals surface area contributed by atoms with Crippen LogP contribution >= 0.6 is 15.9 Å². The van der Waals surface area contributed by atoms with Crippen molar-refractivity contribution in [1.82, 2.24) is 9.80 Å². The monoisotopic (exact) mass is 488 g/mol. The van der Waals surface area contributed by atoms with Gasteiger partial charge >= 0.3 is 6.09 Å². The molecule has 2 amide bonds. The van der Waals surface area contributed by atoms with Crippen LogP contribution < -0.4 is 0 Å². The number of hydrogen-bond donors (Lipinski definition) is 0. The highest BCUT2D eigenvalue weighted by molar-refractivity contribution is 9.10. The van der Waals surface area contributed by atoms with E-state index in [1.54, 1.807) is 29.0 Å². The molecule has 0 bridgehead atoms. The minimum absolute atomic E-state index is 0.133. The molecule has 29 heavy (non-hydrogen) atoms. The van der Waals surface area contributed by atoms with Gasteiger partial charge in [-0.2, -0.15) is 0 Å².